The molecule has 0 spiro atoms. The molecular formula is C17H19N3O3. The van der Waals surface area contributed by atoms with Crippen molar-refractivity contribution in [1.29, 1.82) is 0 Å². The molecule has 1 heterocycles. The largest absolute Gasteiger partial charge is 0.385 e. The lowest BCUT2D eigenvalue weighted by molar-refractivity contribution is 0.0947. The first-order valence-electron chi connectivity index (χ1n) is 7.29. The van der Waals surface area contributed by atoms with Crippen LogP contribution in [-0.2, 0) is 4.74 Å². The van der Waals surface area contributed by atoms with E-state index in [1.807, 2.05) is 0 Å². The van der Waals surface area contributed by atoms with Crippen LogP contribution in [0.15, 0.2) is 48.8 Å². The first kappa shape index (κ1) is 16.6. The Bertz CT molecular complexity index is 659. The third-order valence-corrected chi connectivity index (χ3v) is 3.12. The molecule has 0 aliphatic heterocycles. The van der Waals surface area contributed by atoms with Crippen molar-refractivity contribution in [2.45, 2.75) is 6.42 Å². The Morgan fingerprint density at radius 1 is 1.13 bits per heavy atom. The van der Waals surface area contributed by atoms with Crippen molar-refractivity contribution in [3.05, 3.63) is 59.9 Å². The number of aromatic nitrogens is 1. The summed E-state index contributed by atoms with van der Waals surface area (Å²) in [5.74, 6) is -0.450. The van der Waals surface area contributed by atoms with E-state index in [-0.39, 0.29) is 11.8 Å². The van der Waals surface area contributed by atoms with E-state index in [1.165, 1.54) is 6.20 Å². The number of methoxy groups -OCH3 is 1. The van der Waals surface area contributed by atoms with Gasteiger partial charge >= 0.3 is 0 Å². The summed E-state index contributed by atoms with van der Waals surface area (Å²) in [5.41, 5.74) is 1.51. The molecule has 2 rings (SSSR count). The average molecular weight is 313 g/mol. The molecule has 0 fully saturated rings. The number of hydrogen-bond donors (Lipinski definition) is 2. The Morgan fingerprint density at radius 2 is 1.96 bits per heavy atom. The summed E-state index contributed by atoms with van der Waals surface area (Å²) in [6, 6.07) is 10.2. The minimum absolute atomic E-state index is 0.182. The van der Waals surface area contributed by atoms with Crippen LogP contribution < -0.4 is 10.6 Å². The van der Waals surface area contributed by atoms with Crippen LogP contribution in [0, 0.1) is 0 Å². The molecule has 6 heteroatoms. The fourth-order valence-corrected chi connectivity index (χ4v) is 1.96. The molecule has 2 N–H and O–H groups in total. The van der Waals surface area contributed by atoms with Crippen LogP contribution in [-0.4, -0.2) is 37.1 Å². The molecule has 0 saturated carbocycles. The summed E-state index contributed by atoms with van der Waals surface area (Å²) >= 11 is 0. The topological polar surface area (TPSA) is 80.3 Å². The molecule has 0 saturated heterocycles. The summed E-state index contributed by atoms with van der Waals surface area (Å²) in [4.78, 5) is 28.0. The fraction of sp³-hybridized carbons (Fsp3) is 0.235. The Balaban J connectivity index is 1.96. The van der Waals surface area contributed by atoms with Gasteiger partial charge in [0.25, 0.3) is 11.8 Å². The van der Waals surface area contributed by atoms with Gasteiger partial charge in [-0.1, -0.05) is 6.07 Å². The van der Waals surface area contributed by atoms with Crippen molar-refractivity contribution >= 4 is 17.5 Å². The van der Waals surface area contributed by atoms with Crippen LogP contribution in [0.2, 0.25) is 0 Å². The number of hydrogen-bond acceptors (Lipinski definition) is 4. The number of ether oxygens (including phenoxy) is 1. The second-order valence-electron chi connectivity index (χ2n) is 4.88. The summed E-state index contributed by atoms with van der Waals surface area (Å²) in [6.07, 6.45) is 3.84. The number of pyridine rings is 1. The number of amides is 2. The number of carbonyl (C=O) groups excluding carboxylic acids is 2. The Labute approximate surface area is 134 Å². The van der Waals surface area contributed by atoms with E-state index in [4.69, 9.17) is 4.74 Å². The molecular weight excluding hydrogens is 294 g/mol. The van der Waals surface area contributed by atoms with Gasteiger partial charge in [-0.05, 0) is 36.8 Å². The second kappa shape index (κ2) is 8.65. The Hall–Kier alpha value is -2.73. The molecule has 120 valence electrons. The fourth-order valence-electron chi connectivity index (χ4n) is 1.96. The molecule has 23 heavy (non-hydrogen) atoms. The monoisotopic (exact) mass is 313 g/mol. The SMILES string of the molecule is COCCCNC(=O)c1cccc(NC(=O)c2cccnc2)c1. The normalized spacial score (nSPS) is 10.1. The smallest absolute Gasteiger partial charge is 0.257 e. The quantitative estimate of drug-likeness (QED) is 0.767. The van der Waals surface area contributed by atoms with Gasteiger partial charge in [-0.3, -0.25) is 14.6 Å². The van der Waals surface area contributed by atoms with Gasteiger partial charge in [0.1, 0.15) is 0 Å². The van der Waals surface area contributed by atoms with Crippen molar-refractivity contribution in [3.63, 3.8) is 0 Å². The van der Waals surface area contributed by atoms with E-state index in [9.17, 15) is 9.59 Å². The molecule has 0 aliphatic rings. The molecule has 2 aromatic rings. The van der Waals surface area contributed by atoms with Crippen LogP contribution in [0.5, 0.6) is 0 Å². The van der Waals surface area contributed by atoms with E-state index < -0.39 is 0 Å². The zero-order valence-corrected chi connectivity index (χ0v) is 12.9. The molecule has 0 aliphatic carbocycles. The Kier molecular flexibility index (Phi) is 6.26. The van der Waals surface area contributed by atoms with Crippen molar-refractivity contribution in [1.82, 2.24) is 10.3 Å². The van der Waals surface area contributed by atoms with Gasteiger partial charge in [-0.2, -0.15) is 0 Å². The lowest BCUT2D eigenvalue weighted by Crippen LogP contribution is -2.25. The number of anilines is 1. The predicted molar refractivity (Wildman–Crippen MR) is 87.5 cm³/mol. The maximum absolute atomic E-state index is 12.1. The highest BCUT2D eigenvalue weighted by Gasteiger charge is 2.09. The highest BCUT2D eigenvalue weighted by molar-refractivity contribution is 6.04. The van der Waals surface area contributed by atoms with Gasteiger partial charge in [-0.25, -0.2) is 0 Å². The second-order valence-corrected chi connectivity index (χ2v) is 4.88. The van der Waals surface area contributed by atoms with E-state index in [2.05, 4.69) is 15.6 Å². The predicted octanol–water partition coefficient (Wildman–Crippen LogP) is 2.10. The Morgan fingerprint density at radius 3 is 2.70 bits per heavy atom. The van der Waals surface area contributed by atoms with Gasteiger partial charge in [0, 0.05) is 43.9 Å². The van der Waals surface area contributed by atoms with E-state index in [0.717, 1.165) is 6.42 Å². The van der Waals surface area contributed by atoms with Crippen molar-refractivity contribution < 1.29 is 14.3 Å². The zero-order chi connectivity index (χ0) is 16.5. The summed E-state index contributed by atoms with van der Waals surface area (Å²) in [5, 5.41) is 5.56. The standard InChI is InChI=1S/C17H19N3O3/c1-23-10-4-9-19-16(21)13-5-2-7-15(11-13)20-17(22)14-6-3-8-18-12-14/h2-3,5-8,11-12H,4,9-10H2,1H3,(H,19,21)(H,20,22). The van der Waals surface area contributed by atoms with Gasteiger partial charge in [0.05, 0.1) is 5.56 Å². The maximum Gasteiger partial charge on any atom is 0.257 e. The van der Waals surface area contributed by atoms with Gasteiger partial charge in [-0.15, -0.1) is 0 Å². The molecule has 6 nitrogen and oxygen atoms in total. The lowest BCUT2D eigenvalue weighted by atomic mass is 10.1. The maximum atomic E-state index is 12.1. The summed E-state index contributed by atoms with van der Waals surface area (Å²) < 4.78 is 4.93. The molecule has 2 amide bonds. The van der Waals surface area contributed by atoms with Crippen LogP contribution in [0.1, 0.15) is 27.1 Å². The molecule has 1 aromatic heterocycles. The molecule has 0 unspecified atom stereocenters. The van der Waals surface area contributed by atoms with Crippen molar-refractivity contribution in [2.75, 3.05) is 25.6 Å². The molecule has 1 aromatic carbocycles. The minimum Gasteiger partial charge on any atom is -0.385 e. The van der Waals surface area contributed by atoms with E-state index in [1.54, 1.807) is 49.7 Å². The van der Waals surface area contributed by atoms with E-state index >= 15 is 0 Å². The lowest BCUT2D eigenvalue weighted by Gasteiger charge is -2.08. The van der Waals surface area contributed by atoms with Gasteiger partial charge in [0.15, 0.2) is 0 Å². The number of nitrogens with one attached hydrogen (secondary N) is 2. The number of carbonyl (C=O) groups is 2. The van der Waals surface area contributed by atoms with Crippen LogP contribution >= 0.6 is 0 Å². The summed E-state index contributed by atoms with van der Waals surface area (Å²) in [7, 11) is 1.62. The third kappa shape index (κ3) is 5.19. The first-order chi connectivity index (χ1) is 11.2. The van der Waals surface area contributed by atoms with E-state index in [0.29, 0.717) is 30.0 Å². The van der Waals surface area contributed by atoms with Crippen LogP contribution in [0.4, 0.5) is 5.69 Å². The highest BCUT2D eigenvalue weighted by Crippen LogP contribution is 2.12. The van der Waals surface area contributed by atoms with Gasteiger partial charge < -0.3 is 15.4 Å². The zero-order valence-electron chi connectivity index (χ0n) is 12.9. The van der Waals surface area contributed by atoms with Crippen molar-refractivity contribution in [2.24, 2.45) is 0 Å². The average Bonchev–Trinajstić information content (AvgIpc) is 2.59. The molecule has 0 bridgehead atoms. The third-order valence-electron chi connectivity index (χ3n) is 3.12. The summed E-state index contributed by atoms with van der Waals surface area (Å²) in [6.45, 7) is 1.14. The highest BCUT2D eigenvalue weighted by atomic mass is 16.5. The number of rotatable bonds is 7. The van der Waals surface area contributed by atoms with Crippen LogP contribution in [0.3, 0.4) is 0 Å². The molecule has 0 atom stereocenters. The minimum atomic E-state index is -0.268. The first-order valence-corrected chi connectivity index (χ1v) is 7.29. The molecule has 0 radical (unpaired) electrons. The van der Waals surface area contributed by atoms with Gasteiger partial charge in [0.2, 0.25) is 0 Å². The van der Waals surface area contributed by atoms with Crippen LogP contribution in [0.25, 0.3) is 0 Å². The number of nitrogens with zero attached hydrogens (tertiary/aromatic N) is 1. The van der Waals surface area contributed by atoms with Crippen molar-refractivity contribution in [3.8, 4) is 0 Å². The number of benzene rings is 1.